The molecule has 2 aromatic rings. The van der Waals surface area contributed by atoms with Crippen LogP contribution in [0.1, 0.15) is 37.4 Å². The van der Waals surface area contributed by atoms with Crippen LogP contribution in [0.25, 0.3) is 0 Å². The Labute approximate surface area is 119 Å². The van der Waals surface area contributed by atoms with E-state index >= 15 is 0 Å². The van der Waals surface area contributed by atoms with Crippen LogP contribution in [0.2, 0.25) is 5.02 Å². The SMILES string of the molecule is CCNC(CC)c1cnn(Cc2cccc(Cl)c2)c1. The van der Waals surface area contributed by atoms with E-state index in [0.717, 1.165) is 24.5 Å². The first-order chi connectivity index (χ1) is 9.22. The van der Waals surface area contributed by atoms with Gasteiger partial charge in [0.25, 0.3) is 0 Å². The molecule has 0 amide bonds. The van der Waals surface area contributed by atoms with Crippen molar-refractivity contribution >= 4 is 11.6 Å². The van der Waals surface area contributed by atoms with Crippen molar-refractivity contribution in [2.45, 2.75) is 32.9 Å². The molecule has 102 valence electrons. The normalized spacial score (nSPS) is 12.6. The lowest BCUT2D eigenvalue weighted by atomic mass is 10.1. The van der Waals surface area contributed by atoms with Crippen LogP contribution in [-0.4, -0.2) is 16.3 Å². The van der Waals surface area contributed by atoms with E-state index < -0.39 is 0 Å². The zero-order valence-corrected chi connectivity index (χ0v) is 12.2. The van der Waals surface area contributed by atoms with Crippen molar-refractivity contribution in [2.75, 3.05) is 6.54 Å². The molecule has 1 aromatic heterocycles. The van der Waals surface area contributed by atoms with Gasteiger partial charge in [-0.3, -0.25) is 4.68 Å². The number of hydrogen-bond donors (Lipinski definition) is 1. The molecule has 0 radical (unpaired) electrons. The Kier molecular flexibility index (Phi) is 5.00. The van der Waals surface area contributed by atoms with Gasteiger partial charge in [0.2, 0.25) is 0 Å². The topological polar surface area (TPSA) is 29.9 Å². The zero-order chi connectivity index (χ0) is 13.7. The fraction of sp³-hybridized carbons (Fsp3) is 0.400. The van der Waals surface area contributed by atoms with Gasteiger partial charge in [-0.05, 0) is 30.7 Å². The minimum Gasteiger partial charge on any atom is -0.310 e. The molecule has 1 aromatic carbocycles. The summed E-state index contributed by atoms with van der Waals surface area (Å²) in [5, 5.41) is 8.65. The summed E-state index contributed by atoms with van der Waals surface area (Å²) in [5.41, 5.74) is 2.41. The number of nitrogens with zero attached hydrogens (tertiary/aromatic N) is 2. The van der Waals surface area contributed by atoms with E-state index in [2.05, 4.69) is 36.5 Å². The molecule has 1 unspecified atom stereocenters. The van der Waals surface area contributed by atoms with Crippen molar-refractivity contribution < 1.29 is 0 Å². The molecule has 0 saturated carbocycles. The Morgan fingerprint density at radius 1 is 1.37 bits per heavy atom. The molecule has 0 aliphatic rings. The van der Waals surface area contributed by atoms with E-state index in [1.54, 1.807) is 0 Å². The Bertz CT molecular complexity index is 522. The maximum atomic E-state index is 5.99. The third kappa shape index (κ3) is 3.82. The van der Waals surface area contributed by atoms with E-state index in [0.29, 0.717) is 6.04 Å². The van der Waals surface area contributed by atoms with Crippen molar-refractivity contribution in [1.29, 1.82) is 0 Å². The summed E-state index contributed by atoms with van der Waals surface area (Å²) in [4.78, 5) is 0. The van der Waals surface area contributed by atoms with Crippen LogP contribution in [0.4, 0.5) is 0 Å². The molecule has 0 spiro atoms. The van der Waals surface area contributed by atoms with Crippen molar-refractivity contribution in [3.8, 4) is 0 Å². The molecule has 3 nitrogen and oxygen atoms in total. The second kappa shape index (κ2) is 6.73. The lowest BCUT2D eigenvalue weighted by molar-refractivity contribution is 0.536. The van der Waals surface area contributed by atoms with Crippen LogP contribution in [0.3, 0.4) is 0 Å². The highest BCUT2D eigenvalue weighted by Gasteiger charge is 2.10. The van der Waals surface area contributed by atoms with Gasteiger partial charge in [0.05, 0.1) is 12.7 Å². The maximum Gasteiger partial charge on any atom is 0.0660 e. The van der Waals surface area contributed by atoms with Gasteiger partial charge in [0.15, 0.2) is 0 Å². The van der Waals surface area contributed by atoms with Crippen LogP contribution in [0.5, 0.6) is 0 Å². The van der Waals surface area contributed by atoms with E-state index in [1.165, 1.54) is 11.1 Å². The molecule has 1 atom stereocenters. The van der Waals surface area contributed by atoms with Gasteiger partial charge in [-0.15, -0.1) is 0 Å². The molecular formula is C15H20ClN3. The summed E-state index contributed by atoms with van der Waals surface area (Å²) in [6.07, 6.45) is 5.12. The van der Waals surface area contributed by atoms with Gasteiger partial charge >= 0.3 is 0 Å². The summed E-state index contributed by atoms with van der Waals surface area (Å²) in [7, 11) is 0. The molecule has 1 N–H and O–H groups in total. The standard InChI is InChI=1S/C15H20ClN3/c1-3-15(17-4-2)13-9-18-19(11-13)10-12-6-5-7-14(16)8-12/h5-9,11,15,17H,3-4,10H2,1-2H3. The fourth-order valence-electron chi connectivity index (χ4n) is 2.21. The van der Waals surface area contributed by atoms with Gasteiger partial charge in [-0.25, -0.2) is 0 Å². The number of halogens is 1. The first-order valence-electron chi connectivity index (χ1n) is 6.73. The predicted molar refractivity (Wildman–Crippen MR) is 79.5 cm³/mol. The predicted octanol–water partition coefficient (Wildman–Crippen LogP) is 3.65. The van der Waals surface area contributed by atoms with Gasteiger partial charge in [-0.1, -0.05) is 37.6 Å². The molecule has 0 aliphatic carbocycles. The largest absolute Gasteiger partial charge is 0.310 e. The average Bonchev–Trinajstić information content (AvgIpc) is 2.84. The number of nitrogens with one attached hydrogen (secondary N) is 1. The molecule has 4 heteroatoms. The lowest BCUT2D eigenvalue weighted by Crippen LogP contribution is -2.19. The lowest BCUT2D eigenvalue weighted by Gasteiger charge is -2.13. The maximum absolute atomic E-state index is 5.99. The second-order valence-electron chi connectivity index (χ2n) is 4.62. The van der Waals surface area contributed by atoms with Gasteiger partial charge in [-0.2, -0.15) is 5.10 Å². The van der Waals surface area contributed by atoms with Crippen LogP contribution < -0.4 is 5.32 Å². The van der Waals surface area contributed by atoms with Crippen molar-refractivity contribution in [1.82, 2.24) is 15.1 Å². The number of hydrogen-bond acceptors (Lipinski definition) is 2. The summed E-state index contributed by atoms with van der Waals surface area (Å²) in [6.45, 7) is 6.03. The van der Waals surface area contributed by atoms with E-state index in [4.69, 9.17) is 11.6 Å². The fourth-order valence-corrected chi connectivity index (χ4v) is 2.43. The van der Waals surface area contributed by atoms with Crippen LogP contribution in [0.15, 0.2) is 36.7 Å². The average molecular weight is 278 g/mol. The third-order valence-corrected chi connectivity index (χ3v) is 3.38. The third-order valence-electron chi connectivity index (χ3n) is 3.15. The van der Waals surface area contributed by atoms with Gasteiger partial charge < -0.3 is 5.32 Å². The molecule has 19 heavy (non-hydrogen) atoms. The highest BCUT2D eigenvalue weighted by atomic mass is 35.5. The summed E-state index contributed by atoms with van der Waals surface area (Å²) in [5.74, 6) is 0. The molecule has 0 saturated heterocycles. The molecular weight excluding hydrogens is 258 g/mol. The van der Waals surface area contributed by atoms with E-state index in [-0.39, 0.29) is 0 Å². The van der Waals surface area contributed by atoms with Crippen LogP contribution in [-0.2, 0) is 6.54 Å². The van der Waals surface area contributed by atoms with Crippen LogP contribution in [0, 0.1) is 0 Å². The second-order valence-corrected chi connectivity index (χ2v) is 5.06. The molecule has 2 rings (SSSR count). The van der Waals surface area contributed by atoms with E-state index in [1.807, 2.05) is 29.1 Å². The molecule has 0 bridgehead atoms. The van der Waals surface area contributed by atoms with Gasteiger partial charge in [0.1, 0.15) is 0 Å². The minimum atomic E-state index is 0.387. The summed E-state index contributed by atoms with van der Waals surface area (Å²) in [6, 6.07) is 8.28. The highest BCUT2D eigenvalue weighted by Crippen LogP contribution is 2.17. The summed E-state index contributed by atoms with van der Waals surface area (Å²) < 4.78 is 1.96. The quantitative estimate of drug-likeness (QED) is 0.874. The Morgan fingerprint density at radius 3 is 2.89 bits per heavy atom. The monoisotopic (exact) mass is 277 g/mol. The minimum absolute atomic E-state index is 0.387. The molecule has 0 aliphatic heterocycles. The van der Waals surface area contributed by atoms with Crippen molar-refractivity contribution in [2.24, 2.45) is 0 Å². The Balaban J connectivity index is 2.08. The van der Waals surface area contributed by atoms with Crippen molar-refractivity contribution in [3.05, 3.63) is 52.8 Å². The first kappa shape index (κ1) is 14.1. The highest BCUT2D eigenvalue weighted by molar-refractivity contribution is 6.30. The molecule has 1 heterocycles. The summed E-state index contributed by atoms with van der Waals surface area (Å²) >= 11 is 5.99. The first-order valence-corrected chi connectivity index (χ1v) is 7.11. The van der Waals surface area contributed by atoms with Crippen LogP contribution >= 0.6 is 11.6 Å². The zero-order valence-electron chi connectivity index (χ0n) is 11.4. The van der Waals surface area contributed by atoms with Gasteiger partial charge in [0, 0.05) is 22.8 Å². The van der Waals surface area contributed by atoms with Crippen molar-refractivity contribution in [3.63, 3.8) is 0 Å². The van der Waals surface area contributed by atoms with E-state index in [9.17, 15) is 0 Å². The Morgan fingerprint density at radius 2 is 2.21 bits per heavy atom. The number of benzene rings is 1. The smallest absolute Gasteiger partial charge is 0.0660 e. The Hall–Kier alpha value is -1.32. The number of aromatic nitrogens is 2. The number of rotatable bonds is 6. The molecule has 0 fully saturated rings.